The van der Waals surface area contributed by atoms with Crippen molar-refractivity contribution in [2.75, 3.05) is 5.43 Å². The predicted molar refractivity (Wildman–Crippen MR) is 75.2 cm³/mol. The Bertz CT molecular complexity index is 493. The van der Waals surface area contributed by atoms with Crippen LogP contribution >= 0.6 is 23.2 Å². The molecule has 1 aromatic rings. The van der Waals surface area contributed by atoms with Crippen molar-refractivity contribution in [3.63, 3.8) is 0 Å². The van der Waals surface area contributed by atoms with Crippen molar-refractivity contribution < 1.29 is 0 Å². The third-order valence-corrected chi connectivity index (χ3v) is 4.20. The second-order valence-electron chi connectivity index (χ2n) is 4.81. The van der Waals surface area contributed by atoms with Crippen molar-refractivity contribution in [1.29, 1.82) is 0 Å². The van der Waals surface area contributed by atoms with Crippen LogP contribution in [0.3, 0.4) is 0 Å². The first-order valence-corrected chi connectivity index (χ1v) is 6.76. The van der Waals surface area contributed by atoms with Gasteiger partial charge in [-0.1, -0.05) is 35.4 Å². The van der Waals surface area contributed by atoms with Gasteiger partial charge in [0.15, 0.2) is 0 Å². The van der Waals surface area contributed by atoms with Gasteiger partial charge in [-0.2, -0.15) is 5.10 Å². The van der Waals surface area contributed by atoms with E-state index in [0.29, 0.717) is 27.6 Å². The van der Waals surface area contributed by atoms with Gasteiger partial charge >= 0.3 is 0 Å². The number of hydrogen-bond acceptors (Lipinski definition) is 3. The van der Waals surface area contributed by atoms with Crippen molar-refractivity contribution in [2.24, 2.45) is 22.9 Å². The Hall–Kier alpha value is -1.06. The van der Waals surface area contributed by atoms with Crippen LogP contribution in [0.15, 0.2) is 29.6 Å². The molecule has 1 N–H and O–H groups in total. The van der Waals surface area contributed by atoms with E-state index in [1.165, 1.54) is 12.8 Å². The first kappa shape index (κ1) is 12.0. The molecule has 18 heavy (non-hydrogen) atoms. The van der Waals surface area contributed by atoms with Gasteiger partial charge in [0.05, 0.1) is 15.7 Å². The zero-order valence-electron chi connectivity index (χ0n) is 9.68. The summed E-state index contributed by atoms with van der Waals surface area (Å²) in [6.45, 7) is 0. The van der Waals surface area contributed by atoms with Gasteiger partial charge in [-0.05, 0) is 24.7 Å². The summed E-state index contributed by atoms with van der Waals surface area (Å²) in [5.41, 5.74) is 3.52. The topological polar surface area (TPSA) is 37.3 Å². The number of allylic oxidation sites excluding steroid dienone is 2. The lowest BCUT2D eigenvalue weighted by Gasteiger charge is -2.12. The number of aromatic nitrogens is 1. The molecule has 0 saturated heterocycles. The minimum Gasteiger partial charge on any atom is -0.276 e. The number of anilines is 1. The van der Waals surface area contributed by atoms with E-state index in [2.05, 4.69) is 27.7 Å². The lowest BCUT2D eigenvalue weighted by molar-refractivity contribution is 0.594. The molecule has 3 nitrogen and oxygen atoms in total. The molecular weight excluding hydrogens is 269 g/mol. The smallest absolute Gasteiger partial charge is 0.0965 e. The molecule has 1 saturated carbocycles. The van der Waals surface area contributed by atoms with E-state index in [9.17, 15) is 0 Å². The molecule has 5 heteroatoms. The fraction of sp³-hybridized carbons (Fsp3) is 0.385. The molecule has 0 radical (unpaired) electrons. The molecular formula is C13H13Cl2N3. The second kappa shape index (κ2) is 4.90. The molecule has 1 fully saturated rings. The van der Waals surface area contributed by atoms with Crippen LogP contribution in [0.2, 0.25) is 10.0 Å². The molecule has 3 atom stereocenters. The molecule has 2 aliphatic rings. The van der Waals surface area contributed by atoms with E-state index in [1.54, 1.807) is 12.4 Å². The maximum atomic E-state index is 5.99. The SMILES string of the molecule is Clc1cncc(Cl)c1N/N=C\[C@H]1C[C@@H]2C=C[C@H]1C2. The lowest BCUT2D eigenvalue weighted by atomic mass is 9.95. The van der Waals surface area contributed by atoms with E-state index in [0.717, 1.165) is 5.92 Å². The fourth-order valence-electron chi connectivity index (χ4n) is 2.71. The van der Waals surface area contributed by atoms with Crippen molar-refractivity contribution in [1.82, 2.24) is 4.98 Å². The van der Waals surface area contributed by atoms with Crippen molar-refractivity contribution in [2.45, 2.75) is 12.8 Å². The van der Waals surface area contributed by atoms with Gasteiger partial charge in [-0.25, -0.2) is 0 Å². The van der Waals surface area contributed by atoms with E-state index in [-0.39, 0.29) is 0 Å². The van der Waals surface area contributed by atoms with Crippen LogP contribution < -0.4 is 5.43 Å². The zero-order chi connectivity index (χ0) is 12.5. The van der Waals surface area contributed by atoms with Crippen LogP contribution in [0.25, 0.3) is 0 Å². The highest BCUT2D eigenvalue weighted by molar-refractivity contribution is 6.38. The number of nitrogens with one attached hydrogen (secondary N) is 1. The normalized spacial score (nSPS) is 29.3. The number of pyridine rings is 1. The summed E-state index contributed by atoms with van der Waals surface area (Å²) >= 11 is 12.0. The summed E-state index contributed by atoms with van der Waals surface area (Å²) in [6.07, 6.45) is 12.2. The van der Waals surface area contributed by atoms with E-state index < -0.39 is 0 Å². The van der Waals surface area contributed by atoms with E-state index in [4.69, 9.17) is 23.2 Å². The Morgan fingerprint density at radius 3 is 2.61 bits per heavy atom. The van der Waals surface area contributed by atoms with Crippen LogP contribution in [0.4, 0.5) is 5.69 Å². The van der Waals surface area contributed by atoms with Crippen molar-refractivity contribution in [3.8, 4) is 0 Å². The third-order valence-electron chi connectivity index (χ3n) is 3.63. The standard InChI is InChI=1S/C13H13Cl2N3/c14-11-6-16-7-12(15)13(11)18-17-5-10-4-8-1-2-9(10)3-8/h1-2,5-10H,3-4H2,(H,16,18)/b17-5-/t8-,9+,10-/m1/s1. The molecule has 0 unspecified atom stereocenters. The van der Waals surface area contributed by atoms with Crippen LogP contribution in [0.1, 0.15) is 12.8 Å². The highest BCUT2D eigenvalue weighted by Crippen LogP contribution is 2.42. The van der Waals surface area contributed by atoms with Gasteiger partial charge in [0.1, 0.15) is 0 Å². The molecule has 0 amide bonds. The van der Waals surface area contributed by atoms with Gasteiger partial charge in [0.2, 0.25) is 0 Å². The highest BCUT2D eigenvalue weighted by Gasteiger charge is 2.34. The second-order valence-corrected chi connectivity index (χ2v) is 5.63. The molecule has 94 valence electrons. The van der Waals surface area contributed by atoms with Gasteiger partial charge in [0.25, 0.3) is 0 Å². The Kier molecular flexibility index (Phi) is 3.27. The number of hydrogen-bond donors (Lipinski definition) is 1. The van der Waals surface area contributed by atoms with Crippen molar-refractivity contribution >= 4 is 35.1 Å². The molecule has 0 aromatic carbocycles. The summed E-state index contributed by atoms with van der Waals surface area (Å²) in [7, 11) is 0. The third kappa shape index (κ3) is 2.25. The summed E-state index contributed by atoms with van der Waals surface area (Å²) < 4.78 is 0. The quantitative estimate of drug-likeness (QED) is 0.517. The maximum absolute atomic E-state index is 5.99. The monoisotopic (exact) mass is 281 g/mol. The van der Waals surface area contributed by atoms with Gasteiger partial charge < -0.3 is 0 Å². The summed E-state index contributed by atoms with van der Waals surface area (Å²) in [5.74, 6) is 1.94. The molecule has 0 aliphatic heterocycles. The first-order valence-electron chi connectivity index (χ1n) is 6.00. The largest absolute Gasteiger partial charge is 0.276 e. The molecule has 1 aromatic heterocycles. The number of rotatable bonds is 3. The minimum absolute atomic E-state index is 0.479. The highest BCUT2D eigenvalue weighted by atomic mass is 35.5. The molecule has 0 spiro atoms. The van der Waals surface area contributed by atoms with Crippen molar-refractivity contribution in [3.05, 3.63) is 34.6 Å². The average Bonchev–Trinajstić information content (AvgIpc) is 2.95. The average molecular weight is 282 g/mol. The van der Waals surface area contributed by atoms with Crippen LogP contribution in [0.5, 0.6) is 0 Å². The molecule has 1 heterocycles. The lowest BCUT2D eigenvalue weighted by Crippen LogP contribution is -2.09. The molecule has 3 rings (SSSR count). The Morgan fingerprint density at radius 1 is 1.22 bits per heavy atom. The van der Waals surface area contributed by atoms with E-state index >= 15 is 0 Å². The van der Waals surface area contributed by atoms with Crippen LogP contribution in [-0.2, 0) is 0 Å². The Balaban J connectivity index is 1.66. The summed E-state index contributed by atoms with van der Waals surface area (Å²) in [4.78, 5) is 3.90. The maximum Gasteiger partial charge on any atom is 0.0965 e. The number of nitrogens with zero attached hydrogens (tertiary/aromatic N) is 2. The number of hydrazone groups is 1. The molecule has 2 aliphatic carbocycles. The van der Waals surface area contributed by atoms with Crippen LogP contribution in [0, 0.1) is 17.8 Å². The predicted octanol–water partition coefficient (Wildman–Crippen LogP) is 4.00. The first-order chi connectivity index (χ1) is 8.74. The summed E-state index contributed by atoms with van der Waals surface area (Å²) in [5, 5.41) is 5.22. The zero-order valence-corrected chi connectivity index (χ0v) is 11.2. The van der Waals surface area contributed by atoms with Gasteiger partial charge in [-0.15, -0.1) is 0 Å². The Morgan fingerprint density at radius 2 is 2.00 bits per heavy atom. The molecule has 2 bridgehead atoms. The fourth-order valence-corrected chi connectivity index (χ4v) is 3.16. The van der Waals surface area contributed by atoms with Gasteiger partial charge in [0, 0.05) is 24.5 Å². The number of fused-ring (bicyclic) bond motifs is 2. The number of halogens is 2. The van der Waals surface area contributed by atoms with Gasteiger partial charge in [-0.3, -0.25) is 10.4 Å². The summed E-state index contributed by atoms with van der Waals surface area (Å²) in [6, 6.07) is 0. The van der Waals surface area contributed by atoms with Crippen LogP contribution in [-0.4, -0.2) is 11.2 Å². The Labute approximate surface area is 116 Å². The van der Waals surface area contributed by atoms with E-state index in [1.807, 2.05) is 6.21 Å². The minimum atomic E-state index is 0.479.